The molecule has 7 aromatic carbocycles. The van der Waals surface area contributed by atoms with Crippen LogP contribution in [-0.2, 0) is 102 Å². The van der Waals surface area contributed by atoms with Gasteiger partial charge in [-0.2, -0.15) is 13.4 Å². The zero-order chi connectivity index (χ0) is 91.2. The Labute approximate surface area is 770 Å². The summed E-state index contributed by atoms with van der Waals surface area (Å²) in [5, 5.41) is 3.37. The first-order valence-corrected chi connectivity index (χ1v) is 43.9. The van der Waals surface area contributed by atoms with Crippen molar-refractivity contribution in [2.24, 2.45) is 9.98 Å². The third kappa shape index (κ3) is 22.8. The molecule has 0 spiro atoms. The topological polar surface area (TPSA) is 313 Å². The Morgan fingerprint density at radius 3 is 1.13 bits per heavy atom. The average molecular weight is 1950 g/mol. The number of benzene rings is 7. The van der Waals surface area contributed by atoms with Crippen molar-refractivity contribution in [1.82, 2.24) is 42.5 Å². The molecular weight excluding hydrogens is 1830 g/mol. The molecule has 34 heteroatoms. The van der Waals surface area contributed by atoms with Gasteiger partial charge in [0.1, 0.15) is 36.6 Å². The van der Waals surface area contributed by atoms with E-state index in [1.54, 1.807) is 66.1 Å². The Morgan fingerprint density at radius 2 is 0.783 bits per heavy atom. The van der Waals surface area contributed by atoms with Gasteiger partial charge in [0.25, 0.3) is 10.1 Å². The van der Waals surface area contributed by atoms with Gasteiger partial charge in [0.05, 0.1) is 101 Å². The summed E-state index contributed by atoms with van der Waals surface area (Å²) in [5.41, 5.74) is 22.7. The number of methoxy groups -OCH3 is 3. The maximum absolute atomic E-state index is 13.9. The van der Waals surface area contributed by atoms with E-state index in [-0.39, 0.29) is 75.8 Å². The number of hydrogen-bond acceptors (Lipinski definition) is 22. The first-order valence-electron chi connectivity index (χ1n) is 42.5. The fraction of sp³-hybridized carbons (Fsp3) is 0.389. The average Bonchev–Trinajstić information content (AvgIpc) is 0.878. The number of cyclic esters (lactones) is 3. The number of ether oxygens (including phenoxy) is 9. The maximum Gasteiger partial charge on any atom is 0.410 e. The number of nitrogens with one attached hydrogen (secondary N) is 1. The monoisotopic (exact) mass is 1950 g/mol. The molecule has 6 aliphatic heterocycles. The van der Waals surface area contributed by atoms with Gasteiger partial charge in [-0.1, -0.05) is 70.8 Å². The molecule has 3 fully saturated rings. The smallest absolute Gasteiger partial charge is 0.410 e. The second-order valence-electron chi connectivity index (χ2n) is 31.4. The van der Waals surface area contributed by atoms with Gasteiger partial charge < -0.3 is 85.5 Å². The Bertz CT molecular complexity index is 5990. The van der Waals surface area contributed by atoms with Crippen molar-refractivity contribution in [1.29, 1.82) is 0 Å². The molecule has 3 amide bonds. The molecule has 3 aromatic heterocycles. The van der Waals surface area contributed by atoms with Gasteiger partial charge in [-0.25, -0.2) is 38.8 Å². The van der Waals surface area contributed by atoms with Crippen LogP contribution in [0.5, 0.6) is 34.5 Å². The molecule has 1 N–H and O–H groups in total. The van der Waals surface area contributed by atoms with Crippen molar-refractivity contribution >= 4 is 66.8 Å². The molecule has 3 saturated heterocycles. The predicted molar refractivity (Wildman–Crippen MR) is 493 cm³/mol. The Kier molecular flexibility index (Phi) is 34.0. The molecule has 6 aliphatic rings. The van der Waals surface area contributed by atoms with Crippen LogP contribution in [0.25, 0.3) is 33.8 Å². The van der Waals surface area contributed by atoms with Gasteiger partial charge in [0.2, 0.25) is 0 Å². The molecule has 0 aliphatic carbocycles. The maximum atomic E-state index is 13.9. The van der Waals surface area contributed by atoms with Crippen LogP contribution in [0.1, 0.15) is 93.1 Å². The van der Waals surface area contributed by atoms with Gasteiger partial charge in [-0.05, 0) is 208 Å². The van der Waals surface area contributed by atoms with Crippen LogP contribution >= 0.6 is 0 Å². The van der Waals surface area contributed by atoms with Gasteiger partial charge in [0, 0.05) is 114 Å². The summed E-state index contributed by atoms with van der Waals surface area (Å²) in [4.78, 5) is 95.0. The summed E-state index contributed by atoms with van der Waals surface area (Å²) in [6.07, 6.45) is 1.000. The molecule has 0 unspecified atom stereocenters. The number of hydrogen-bond donors (Lipinski definition) is 1. The summed E-state index contributed by atoms with van der Waals surface area (Å²) >= 11 is 0. The van der Waals surface area contributed by atoms with E-state index >= 15 is 0 Å². The number of anilines is 2. The van der Waals surface area contributed by atoms with Crippen LogP contribution < -0.4 is 61.8 Å². The summed E-state index contributed by atoms with van der Waals surface area (Å²) < 4.78 is 86.2. The van der Waals surface area contributed by atoms with Crippen LogP contribution in [0.2, 0.25) is 0 Å². The van der Waals surface area contributed by atoms with Gasteiger partial charge in [0.15, 0.2) is 34.5 Å². The molecule has 681 valence electrons. The molecule has 9 heterocycles. The minimum absolute atomic E-state index is 0. The van der Waals surface area contributed by atoms with Gasteiger partial charge in [-0.3, -0.25) is 27.0 Å². The molecule has 30 nitrogen and oxygen atoms in total. The number of carbonyl (C=O) groups is 3. The molecule has 10 aromatic rings. The quantitative estimate of drug-likeness (QED) is 0.0254. The molecular formula is C95H113B2N12O18SW-2. The van der Waals surface area contributed by atoms with E-state index in [0.717, 1.165) is 130 Å². The fourth-order valence-electron chi connectivity index (χ4n) is 16.7. The van der Waals surface area contributed by atoms with E-state index in [2.05, 4.69) is 96.8 Å². The molecule has 0 saturated carbocycles. The first-order chi connectivity index (χ1) is 61.0. The number of rotatable bonds is 24. The molecule has 0 atom stereocenters. The van der Waals surface area contributed by atoms with E-state index in [1.807, 2.05) is 110 Å². The Balaban J connectivity index is 0.000000181. The number of fused-ring (bicyclic) bond motifs is 9. The second kappa shape index (κ2) is 44.3. The normalized spacial score (nSPS) is 13.9. The zero-order valence-electron chi connectivity index (χ0n) is 76.6. The summed E-state index contributed by atoms with van der Waals surface area (Å²) in [7, 11) is 9.10. The number of aryl methyl sites for hydroxylation is 13. The number of amides is 3. The van der Waals surface area contributed by atoms with Gasteiger partial charge in [-0.15, -0.1) is 0 Å². The molecule has 16 rings (SSSR count). The van der Waals surface area contributed by atoms with E-state index in [9.17, 15) is 37.2 Å². The van der Waals surface area contributed by atoms with Crippen LogP contribution in [0, 0.1) is 76.7 Å². The van der Waals surface area contributed by atoms with Crippen LogP contribution in [0.15, 0.2) is 145 Å². The number of aromatic nitrogens is 6. The molecule has 5 radical (unpaired) electrons. The van der Waals surface area contributed by atoms with E-state index < -0.39 is 16.2 Å². The summed E-state index contributed by atoms with van der Waals surface area (Å²) in [6.45, 7) is 33.5. The zero-order valence-corrected chi connectivity index (χ0v) is 80.3. The molecule has 0 bridgehead atoms. The van der Waals surface area contributed by atoms with Crippen molar-refractivity contribution < 1.29 is 90.7 Å². The van der Waals surface area contributed by atoms with Crippen molar-refractivity contribution in [3.05, 3.63) is 237 Å². The van der Waals surface area contributed by atoms with Crippen molar-refractivity contribution in [2.75, 3.05) is 112 Å². The summed E-state index contributed by atoms with van der Waals surface area (Å²) in [5.74, 6) is 4.58. The van der Waals surface area contributed by atoms with E-state index in [4.69, 9.17) is 56.8 Å². The first kappa shape index (κ1) is 99.1. The van der Waals surface area contributed by atoms with Crippen molar-refractivity contribution in [2.45, 2.75) is 147 Å². The second-order valence-corrected chi connectivity index (χ2v) is 33.1. The van der Waals surface area contributed by atoms with Crippen molar-refractivity contribution in [3.63, 3.8) is 0 Å². The predicted octanol–water partition coefficient (Wildman–Crippen LogP) is 13.2. The van der Waals surface area contributed by atoms with Crippen LogP contribution in [-0.4, -0.2) is 192 Å². The largest absolute Gasteiger partial charge is 0.693 e. The minimum atomic E-state index is -3.77. The standard InChI is InChI=1S/2C29H34N4O5.C24H27N3O3.C12H15NO5S.CH3.B2.W/c2*1-6-37-25-15-21-7-8-32-23(22(21)16-24(25)36-5)17-26(30-27-19(3)13-18(2)14-20(27)4)33(28(32)34)10-9-31-11-12-38-29(31)35;1-6-30-21-11-17-7-8-27-19(18(17)12-20(21)29-5)13-22(26-24(27)28)25-23-15(3)9-14(2)10-16(23)4;1-10-2-4-11(5-3-10)19(15,16)18-9-7-13-6-8-17-12(13)14;;1-2;/h2*13-17H,6-12H2,1-5H3;9-13H,6-8H2,1-5H3,(H,25,26,28);2-5H,6-9H2,1H3;1H3;;/q;;;;2*-1;. The molecule has 129 heavy (non-hydrogen) atoms. The number of carbonyl (C=O) groups excluding carboxylic acids is 3. The third-order valence-electron chi connectivity index (χ3n) is 22.6. The Hall–Kier alpha value is -12.1. The number of nitrogens with zero attached hydrogens (tertiary/aromatic N) is 11. The fourth-order valence-corrected chi connectivity index (χ4v) is 17.6. The SMILES string of the molecule is CCOc1cc2c(cc1OC)-c1cc(=Nc3c(C)cc(C)cc3C)n(CCN3CCOC3=O)c(=O)n1CC2.CCOc1cc2c(cc1OC)-c1cc(=Nc3c(C)cc(C)cc3C)n(CCN3CCOC3=O)c(=O)n1CC2.CCOc1cc2c(cc1OC)-c1cc(Nc3c(C)cc(C)cc3C)nc(=O)n1CC2.Cc1ccc(S(=O)(=O)OCCN2CCOC2=O)cc1.[B][B-].[CH3-].[W]. The van der Waals surface area contributed by atoms with Crippen LogP contribution in [0.3, 0.4) is 0 Å². The van der Waals surface area contributed by atoms with Crippen molar-refractivity contribution in [3.8, 4) is 68.3 Å². The summed E-state index contributed by atoms with van der Waals surface area (Å²) in [6, 6.07) is 36.8. The Morgan fingerprint density at radius 1 is 0.434 bits per heavy atom. The van der Waals surface area contributed by atoms with Crippen LogP contribution in [0.4, 0.5) is 37.3 Å². The minimum Gasteiger partial charge on any atom is -0.693 e. The van der Waals surface area contributed by atoms with E-state index in [1.165, 1.54) is 22.6 Å². The van der Waals surface area contributed by atoms with E-state index in [0.29, 0.717) is 163 Å². The van der Waals surface area contributed by atoms with Gasteiger partial charge >= 0.3 is 35.3 Å². The third-order valence-corrected chi connectivity index (χ3v) is 23.9.